The van der Waals surface area contributed by atoms with Gasteiger partial charge >= 0.3 is 0 Å². The van der Waals surface area contributed by atoms with Gasteiger partial charge in [-0.1, -0.05) is 51.8 Å². The van der Waals surface area contributed by atoms with Gasteiger partial charge in [0.2, 0.25) is 0 Å². The van der Waals surface area contributed by atoms with Gasteiger partial charge in [0.25, 0.3) is 0 Å². The Morgan fingerprint density at radius 2 is 1.57 bits per heavy atom. The van der Waals surface area contributed by atoms with Crippen LogP contribution >= 0.6 is 0 Å². The molecule has 0 saturated carbocycles. The predicted molar refractivity (Wildman–Crippen MR) is 127 cm³/mol. The highest BCUT2D eigenvalue weighted by molar-refractivity contribution is 5.84. The molecule has 0 aliphatic heterocycles. The van der Waals surface area contributed by atoms with Gasteiger partial charge in [-0.25, -0.2) is 0 Å². The van der Waals surface area contributed by atoms with Crippen LogP contribution in [0.1, 0.15) is 58.4 Å². The number of fused-ring (bicyclic) bond motifs is 1. The van der Waals surface area contributed by atoms with Crippen molar-refractivity contribution in [3.05, 3.63) is 60.4 Å². The summed E-state index contributed by atoms with van der Waals surface area (Å²) in [6.07, 6.45) is 12.7. The summed E-state index contributed by atoms with van der Waals surface area (Å²) in [5, 5.41) is 0. The lowest BCUT2D eigenvalue weighted by atomic mass is 10.0. The number of hydrogen-bond donors (Lipinski definition) is 0. The molecule has 3 aromatic rings. The Kier molecular flexibility index (Phi) is 8.82. The molecule has 1 radical (unpaired) electrons. The number of benzene rings is 1. The number of aryl methyl sites for hydroxylation is 1. The lowest BCUT2D eigenvalue weighted by Gasteiger charge is -2.21. The quantitative estimate of drug-likeness (QED) is 0.296. The van der Waals surface area contributed by atoms with E-state index in [0.717, 1.165) is 31.7 Å². The molecule has 3 rings (SSSR count). The van der Waals surface area contributed by atoms with Gasteiger partial charge in [0, 0.05) is 18.3 Å². The number of aromatic nitrogens is 1. The van der Waals surface area contributed by atoms with Crippen LogP contribution < -0.4 is 4.74 Å². The first kappa shape index (κ1) is 22.4. The maximum Gasteiger partial charge on any atom is 0.119 e. The molecule has 0 spiro atoms. The van der Waals surface area contributed by atoms with Gasteiger partial charge < -0.3 is 14.0 Å². The van der Waals surface area contributed by atoms with Gasteiger partial charge in [0.1, 0.15) is 5.75 Å². The summed E-state index contributed by atoms with van der Waals surface area (Å²) in [5.74, 6) is 0.956. The molecular formula is C27H37N2O. The monoisotopic (exact) mass is 405 g/mol. The van der Waals surface area contributed by atoms with E-state index in [1.807, 2.05) is 0 Å². The minimum atomic E-state index is 0.775. The fourth-order valence-electron chi connectivity index (χ4n) is 3.97. The van der Waals surface area contributed by atoms with E-state index in [-0.39, 0.29) is 0 Å². The Morgan fingerprint density at radius 1 is 0.867 bits per heavy atom. The minimum absolute atomic E-state index is 0.775. The van der Waals surface area contributed by atoms with E-state index in [2.05, 4.69) is 84.9 Å². The van der Waals surface area contributed by atoms with E-state index in [0.29, 0.717) is 0 Å². The van der Waals surface area contributed by atoms with E-state index in [4.69, 9.17) is 4.74 Å². The maximum atomic E-state index is 6.04. The first-order valence-corrected chi connectivity index (χ1v) is 11.7. The van der Waals surface area contributed by atoms with Crippen molar-refractivity contribution in [2.45, 2.75) is 59.3 Å². The zero-order valence-corrected chi connectivity index (χ0v) is 19.0. The van der Waals surface area contributed by atoms with Gasteiger partial charge in [-0.3, -0.25) is 0 Å². The summed E-state index contributed by atoms with van der Waals surface area (Å²) in [6.45, 7) is 11.1. The smallest absolute Gasteiger partial charge is 0.119 e. The standard InChI is InChI=1S/C27H37N2O/c1-4-7-17-28(18-8-5-2)19-11-21-30-25-15-13-24(14-16-25)27-23(6-3)22-29-20-10-9-12-26(27)29/h9-10,12-16,20H,4-8,11,17-19,21H2,1-3H3. The average molecular weight is 406 g/mol. The fraction of sp³-hybridized carbons (Fsp3) is 0.481. The highest BCUT2D eigenvalue weighted by atomic mass is 16.5. The highest BCUT2D eigenvalue weighted by Gasteiger charge is 2.12. The molecule has 161 valence electrons. The second-order valence-corrected chi connectivity index (χ2v) is 8.05. The third-order valence-electron chi connectivity index (χ3n) is 5.71. The molecule has 0 bridgehead atoms. The molecule has 2 heterocycles. The molecule has 3 nitrogen and oxygen atoms in total. The number of nitrogens with zero attached hydrogens (tertiary/aromatic N) is 2. The Morgan fingerprint density at radius 3 is 2.23 bits per heavy atom. The Bertz CT molecular complexity index is 874. The summed E-state index contributed by atoms with van der Waals surface area (Å²) in [6, 6.07) is 14.9. The third-order valence-corrected chi connectivity index (χ3v) is 5.71. The van der Waals surface area contributed by atoms with Crippen LogP contribution in [0, 0.1) is 6.20 Å². The number of rotatable bonds is 13. The molecule has 0 amide bonds. The molecule has 30 heavy (non-hydrogen) atoms. The topological polar surface area (TPSA) is 16.9 Å². The van der Waals surface area contributed by atoms with Crippen molar-refractivity contribution in [3.63, 3.8) is 0 Å². The summed E-state index contributed by atoms with van der Waals surface area (Å²) in [7, 11) is 0. The molecule has 0 aliphatic carbocycles. The maximum absolute atomic E-state index is 6.04. The summed E-state index contributed by atoms with van der Waals surface area (Å²) >= 11 is 0. The number of pyridine rings is 1. The van der Waals surface area contributed by atoms with Crippen molar-refractivity contribution in [1.29, 1.82) is 0 Å². The first-order chi connectivity index (χ1) is 14.8. The summed E-state index contributed by atoms with van der Waals surface area (Å²) < 4.78 is 8.14. The molecule has 0 unspecified atom stereocenters. The van der Waals surface area contributed by atoms with Crippen molar-refractivity contribution in [3.8, 4) is 16.9 Å². The largest absolute Gasteiger partial charge is 0.494 e. The van der Waals surface area contributed by atoms with E-state index in [1.165, 1.54) is 61.0 Å². The van der Waals surface area contributed by atoms with Crippen LogP contribution in [0.15, 0.2) is 48.7 Å². The molecule has 1 aromatic carbocycles. The molecule has 0 atom stereocenters. The van der Waals surface area contributed by atoms with Crippen LogP contribution in [0.3, 0.4) is 0 Å². The average Bonchev–Trinajstić information content (AvgIpc) is 3.17. The Labute approximate surface area is 182 Å². The predicted octanol–water partition coefficient (Wildman–Crippen LogP) is 6.64. The third kappa shape index (κ3) is 5.89. The van der Waals surface area contributed by atoms with Gasteiger partial charge in [-0.15, -0.1) is 0 Å². The van der Waals surface area contributed by atoms with Crippen LogP contribution in [-0.2, 0) is 6.42 Å². The SMILES string of the molecule is CCCCN(CCCC)CCCOc1ccc(-c2c(CC)[c]n3ccccc23)cc1. The van der Waals surface area contributed by atoms with Crippen molar-refractivity contribution in [1.82, 2.24) is 9.30 Å². The van der Waals surface area contributed by atoms with Crippen LogP contribution in [-0.4, -0.2) is 35.5 Å². The van der Waals surface area contributed by atoms with Crippen LogP contribution in [0.2, 0.25) is 0 Å². The van der Waals surface area contributed by atoms with Gasteiger partial charge in [0.15, 0.2) is 0 Å². The van der Waals surface area contributed by atoms with Crippen LogP contribution in [0.4, 0.5) is 0 Å². The molecule has 0 fully saturated rings. The van der Waals surface area contributed by atoms with Crippen LogP contribution in [0.25, 0.3) is 16.6 Å². The Hall–Kier alpha value is -2.26. The Balaban J connectivity index is 1.56. The summed E-state index contributed by atoms with van der Waals surface area (Å²) in [4.78, 5) is 2.60. The van der Waals surface area contributed by atoms with E-state index in [1.54, 1.807) is 0 Å². The molecule has 0 saturated heterocycles. The van der Waals surface area contributed by atoms with Crippen LogP contribution in [0.5, 0.6) is 5.75 Å². The van der Waals surface area contributed by atoms with E-state index in [9.17, 15) is 0 Å². The lowest BCUT2D eigenvalue weighted by molar-refractivity contribution is 0.229. The first-order valence-electron chi connectivity index (χ1n) is 11.7. The van der Waals surface area contributed by atoms with E-state index >= 15 is 0 Å². The zero-order chi connectivity index (χ0) is 21.2. The van der Waals surface area contributed by atoms with Gasteiger partial charge in [-0.2, -0.15) is 0 Å². The molecule has 2 aromatic heterocycles. The van der Waals surface area contributed by atoms with Gasteiger partial charge in [-0.05, 0) is 74.2 Å². The molecule has 0 N–H and O–H groups in total. The normalized spacial score (nSPS) is 11.5. The van der Waals surface area contributed by atoms with Crippen molar-refractivity contribution in [2.75, 3.05) is 26.2 Å². The molecule has 3 heteroatoms. The van der Waals surface area contributed by atoms with Crippen molar-refractivity contribution >= 4 is 5.52 Å². The van der Waals surface area contributed by atoms with Gasteiger partial charge in [0.05, 0.1) is 18.3 Å². The number of unbranched alkanes of at least 4 members (excludes halogenated alkanes) is 2. The molecular weight excluding hydrogens is 368 g/mol. The number of ether oxygens (including phenoxy) is 1. The molecule has 0 aliphatic rings. The second kappa shape index (κ2) is 11.8. The fourth-order valence-corrected chi connectivity index (χ4v) is 3.97. The lowest BCUT2D eigenvalue weighted by Crippen LogP contribution is -2.28. The van der Waals surface area contributed by atoms with Crippen molar-refractivity contribution in [2.24, 2.45) is 0 Å². The zero-order valence-electron chi connectivity index (χ0n) is 19.0. The highest BCUT2D eigenvalue weighted by Crippen LogP contribution is 2.31. The number of hydrogen-bond acceptors (Lipinski definition) is 2. The van der Waals surface area contributed by atoms with E-state index < -0.39 is 0 Å². The van der Waals surface area contributed by atoms with Crippen molar-refractivity contribution < 1.29 is 4.74 Å². The second-order valence-electron chi connectivity index (χ2n) is 8.05. The summed E-state index contributed by atoms with van der Waals surface area (Å²) in [5.41, 5.74) is 4.98. The minimum Gasteiger partial charge on any atom is -0.494 e.